The minimum absolute atomic E-state index is 0.0642. The molecule has 0 aliphatic rings. The molecule has 1 rings (SSSR count). The van der Waals surface area contributed by atoms with Gasteiger partial charge in [0.25, 0.3) is 0 Å². The normalized spacial score (nSPS) is 14.2. The lowest BCUT2D eigenvalue weighted by molar-refractivity contribution is -0.147. The van der Waals surface area contributed by atoms with Gasteiger partial charge < -0.3 is 15.6 Å². The molecule has 1 aromatic carbocycles. The smallest absolute Gasteiger partial charge is 0.325 e. The Labute approximate surface area is 103 Å². The van der Waals surface area contributed by atoms with Gasteiger partial charge in [-0.1, -0.05) is 17.7 Å². The number of hydrogen-bond donors (Lipinski definition) is 2. The van der Waals surface area contributed by atoms with Crippen molar-refractivity contribution in [2.45, 2.75) is 19.1 Å². The maximum absolute atomic E-state index is 13.2. The first-order chi connectivity index (χ1) is 7.97. The molecule has 0 saturated carbocycles. The predicted octanol–water partition coefficient (Wildman–Crippen LogP) is 1.40. The molecule has 6 heteroatoms. The Morgan fingerprint density at radius 1 is 1.65 bits per heavy atom. The van der Waals surface area contributed by atoms with E-state index in [2.05, 4.69) is 4.74 Å². The summed E-state index contributed by atoms with van der Waals surface area (Å²) in [5.41, 5.74) is 5.66. The van der Waals surface area contributed by atoms with E-state index in [1.165, 1.54) is 12.1 Å². The fourth-order valence-electron chi connectivity index (χ4n) is 1.27. The van der Waals surface area contributed by atoms with Crippen molar-refractivity contribution in [2.24, 2.45) is 5.73 Å². The highest BCUT2D eigenvalue weighted by Gasteiger charge is 2.25. The van der Waals surface area contributed by atoms with E-state index in [0.717, 1.165) is 6.07 Å². The highest BCUT2D eigenvalue weighted by Crippen LogP contribution is 2.22. The molecule has 0 heterocycles. The van der Waals surface area contributed by atoms with Crippen LogP contribution in [0.1, 0.15) is 18.6 Å². The van der Waals surface area contributed by atoms with Crippen LogP contribution in [-0.4, -0.2) is 23.7 Å². The number of aliphatic hydroxyl groups is 1. The Morgan fingerprint density at radius 2 is 2.29 bits per heavy atom. The zero-order chi connectivity index (χ0) is 13.0. The van der Waals surface area contributed by atoms with Crippen LogP contribution in [0.5, 0.6) is 0 Å². The minimum atomic E-state index is -1.33. The van der Waals surface area contributed by atoms with E-state index < -0.39 is 23.9 Å². The second kappa shape index (κ2) is 5.95. The summed E-state index contributed by atoms with van der Waals surface area (Å²) in [4.78, 5) is 11.3. The van der Waals surface area contributed by atoms with Crippen LogP contribution in [0.2, 0.25) is 5.02 Å². The Morgan fingerprint density at radius 3 is 2.82 bits per heavy atom. The van der Waals surface area contributed by atoms with Crippen molar-refractivity contribution in [3.63, 3.8) is 0 Å². The van der Waals surface area contributed by atoms with E-state index in [9.17, 15) is 14.3 Å². The first kappa shape index (κ1) is 13.9. The topological polar surface area (TPSA) is 72.5 Å². The molecule has 0 aliphatic carbocycles. The van der Waals surface area contributed by atoms with Gasteiger partial charge in [-0.2, -0.15) is 0 Å². The molecule has 4 nitrogen and oxygen atoms in total. The molecule has 0 amide bonds. The van der Waals surface area contributed by atoms with Crippen LogP contribution in [0.15, 0.2) is 18.2 Å². The lowest BCUT2D eigenvalue weighted by Crippen LogP contribution is -2.38. The molecule has 0 aromatic heterocycles. The standard InChI is InChI=1S/C11H13ClFNO3/c1-2-17-11(16)9(14)10(15)6-3-4-7(12)8(13)5-6/h3-5,9-10,15H,2,14H2,1H3. The van der Waals surface area contributed by atoms with E-state index in [1.807, 2.05) is 0 Å². The number of carbonyl (C=O) groups is 1. The summed E-state index contributed by atoms with van der Waals surface area (Å²) in [6, 6.07) is 2.46. The fraction of sp³-hybridized carbons (Fsp3) is 0.364. The van der Waals surface area contributed by atoms with Crippen molar-refractivity contribution in [3.05, 3.63) is 34.6 Å². The van der Waals surface area contributed by atoms with Gasteiger partial charge in [-0.05, 0) is 24.6 Å². The molecule has 0 fully saturated rings. The number of benzene rings is 1. The molecule has 0 spiro atoms. The van der Waals surface area contributed by atoms with Crippen molar-refractivity contribution >= 4 is 17.6 Å². The van der Waals surface area contributed by atoms with Crippen LogP contribution >= 0.6 is 11.6 Å². The number of esters is 1. The molecule has 3 N–H and O–H groups in total. The summed E-state index contributed by atoms with van der Waals surface area (Å²) in [6.07, 6.45) is -1.33. The SMILES string of the molecule is CCOC(=O)C(N)C(O)c1ccc(Cl)c(F)c1. The van der Waals surface area contributed by atoms with Crippen molar-refractivity contribution in [1.82, 2.24) is 0 Å². The van der Waals surface area contributed by atoms with Gasteiger partial charge in [0.2, 0.25) is 0 Å². The molecule has 2 unspecified atom stereocenters. The second-order valence-corrected chi connectivity index (χ2v) is 3.80. The van der Waals surface area contributed by atoms with Crippen molar-refractivity contribution in [2.75, 3.05) is 6.61 Å². The van der Waals surface area contributed by atoms with Crippen LogP contribution in [0, 0.1) is 5.82 Å². The van der Waals surface area contributed by atoms with Crippen LogP contribution < -0.4 is 5.73 Å². The van der Waals surface area contributed by atoms with Gasteiger partial charge in [0.05, 0.1) is 11.6 Å². The predicted molar refractivity (Wildman–Crippen MR) is 61.0 cm³/mol. The summed E-state index contributed by atoms with van der Waals surface area (Å²) in [6.45, 7) is 1.78. The first-order valence-corrected chi connectivity index (χ1v) is 5.40. The zero-order valence-corrected chi connectivity index (χ0v) is 9.95. The Hall–Kier alpha value is -1.17. The number of ether oxygens (including phenoxy) is 1. The molecule has 1 aromatic rings. The quantitative estimate of drug-likeness (QED) is 0.804. The zero-order valence-electron chi connectivity index (χ0n) is 9.19. The van der Waals surface area contributed by atoms with Crippen LogP contribution in [0.3, 0.4) is 0 Å². The van der Waals surface area contributed by atoms with Gasteiger partial charge in [-0.15, -0.1) is 0 Å². The molecule has 2 atom stereocenters. The summed E-state index contributed by atoms with van der Waals surface area (Å²) < 4.78 is 17.8. The molecular formula is C11H13ClFNO3. The summed E-state index contributed by atoms with van der Waals surface area (Å²) in [7, 11) is 0. The van der Waals surface area contributed by atoms with E-state index in [1.54, 1.807) is 6.92 Å². The number of aliphatic hydroxyl groups excluding tert-OH is 1. The van der Waals surface area contributed by atoms with Gasteiger partial charge >= 0.3 is 5.97 Å². The largest absolute Gasteiger partial charge is 0.465 e. The monoisotopic (exact) mass is 261 g/mol. The molecule has 17 heavy (non-hydrogen) atoms. The van der Waals surface area contributed by atoms with E-state index in [0.29, 0.717) is 0 Å². The van der Waals surface area contributed by atoms with Gasteiger partial charge in [0, 0.05) is 0 Å². The minimum Gasteiger partial charge on any atom is -0.465 e. The average Bonchev–Trinajstić information content (AvgIpc) is 2.31. The van der Waals surface area contributed by atoms with Crippen LogP contribution in [-0.2, 0) is 9.53 Å². The molecule has 0 radical (unpaired) electrons. The summed E-state index contributed by atoms with van der Waals surface area (Å²) in [5, 5.41) is 9.70. The average molecular weight is 262 g/mol. The van der Waals surface area contributed by atoms with E-state index in [-0.39, 0.29) is 17.2 Å². The van der Waals surface area contributed by atoms with Crippen LogP contribution in [0.25, 0.3) is 0 Å². The van der Waals surface area contributed by atoms with Crippen LogP contribution in [0.4, 0.5) is 4.39 Å². The number of hydrogen-bond acceptors (Lipinski definition) is 4. The van der Waals surface area contributed by atoms with E-state index >= 15 is 0 Å². The number of rotatable bonds is 4. The highest BCUT2D eigenvalue weighted by atomic mass is 35.5. The first-order valence-electron chi connectivity index (χ1n) is 5.02. The Bertz CT molecular complexity index is 414. The third-order valence-corrected chi connectivity index (χ3v) is 2.49. The molecule has 0 saturated heterocycles. The van der Waals surface area contributed by atoms with Crippen molar-refractivity contribution in [3.8, 4) is 0 Å². The van der Waals surface area contributed by atoms with Gasteiger partial charge in [-0.25, -0.2) is 4.39 Å². The third kappa shape index (κ3) is 3.39. The maximum Gasteiger partial charge on any atom is 0.325 e. The van der Waals surface area contributed by atoms with Gasteiger partial charge in [-0.3, -0.25) is 4.79 Å². The third-order valence-electron chi connectivity index (χ3n) is 2.18. The molecular weight excluding hydrogens is 249 g/mol. The molecule has 0 bridgehead atoms. The second-order valence-electron chi connectivity index (χ2n) is 3.40. The van der Waals surface area contributed by atoms with Gasteiger partial charge in [0.1, 0.15) is 18.0 Å². The van der Waals surface area contributed by atoms with Gasteiger partial charge in [0.15, 0.2) is 0 Å². The Balaban J connectivity index is 2.84. The van der Waals surface area contributed by atoms with E-state index in [4.69, 9.17) is 17.3 Å². The maximum atomic E-state index is 13.2. The number of halogens is 2. The highest BCUT2D eigenvalue weighted by molar-refractivity contribution is 6.30. The van der Waals surface area contributed by atoms with Crippen molar-refractivity contribution < 1.29 is 19.0 Å². The number of nitrogens with two attached hydrogens (primary N) is 1. The Kier molecular flexibility index (Phi) is 4.86. The lowest BCUT2D eigenvalue weighted by Gasteiger charge is -2.17. The van der Waals surface area contributed by atoms with Crippen molar-refractivity contribution in [1.29, 1.82) is 0 Å². The molecule has 94 valence electrons. The summed E-state index contributed by atoms with van der Waals surface area (Å²) >= 11 is 5.50. The number of carbonyl (C=O) groups excluding carboxylic acids is 1. The fourth-order valence-corrected chi connectivity index (χ4v) is 1.39. The summed E-state index contributed by atoms with van der Waals surface area (Å²) in [5.74, 6) is -1.42. The molecule has 0 aliphatic heterocycles. The lowest BCUT2D eigenvalue weighted by atomic mass is 10.0.